The SMILES string of the molecule is CCCC(=O)NC1CC[C@H]2[C@@H]3CCC4N(C)C(=O)C=C[C@]4(C)[C@@H]3CC[C@]12C. The molecule has 4 rings (SSSR count). The maximum atomic E-state index is 12.2. The minimum atomic E-state index is 0.108. The molecule has 1 N–H and O–H groups in total. The molecule has 2 amide bonds. The molecule has 0 spiro atoms. The van der Waals surface area contributed by atoms with E-state index in [9.17, 15) is 9.59 Å². The summed E-state index contributed by atoms with van der Waals surface area (Å²) in [5, 5.41) is 3.39. The fourth-order valence-electron chi connectivity index (χ4n) is 7.47. The van der Waals surface area contributed by atoms with E-state index in [2.05, 4.69) is 32.2 Å². The van der Waals surface area contributed by atoms with Crippen molar-refractivity contribution in [3.05, 3.63) is 12.2 Å². The summed E-state index contributed by atoms with van der Waals surface area (Å²) in [7, 11) is 1.98. The van der Waals surface area contributed by atoms with Gasteiger partial charge in [-0.2, -0.15) is 0 Å². The van der Waals surface area contributed by atoms with Crippen molar-refractivity contribution >= 4 is 11.8 Å². The Morgan fingerprint density at radius 1 is 1.19 bits per heavy atom. The van der Waals surface area contributed by atoms with Crippen LogP contribution in [0.4, 0.5) is 0 Å². The number of hydrogen-bond donors (Lipinski definition) is 1. The van der Waals surface area contributed by atoms with Crippen molar-refractivity contribution in [3.63, 3.8) is 0 Å². The molecule has 0 radical (unpaired) electrons. The second kappa shape index (κ2) is 6.63. The van der Waals surface area contributed by atoms with E-state index in [1.165, 1.54) is 25.7 Å². The van der Waals surface area contributed by atoms with Crippen LogP contribution in [0.1, 0.15) is 72.1 Å². The Kier molecular flexibility index (Phi) is 4.67. The second-order valence-electron chi connectivity index (χ2n) is 10.1. The molecule has 27 heavy (non-hydrogen) atoms. The Morgan fingerprint density at radius 3 is 2.70 bits per heavy atom. The summed E-state index contributed by atoms with van der Waals surface area (Å²) >= 11 is 0. The van der Waals surface area contributed by atoms with Crippen LogP contribution in [0.2, 0.25) is 0 Å². The standard InChI is InChI=1S/C23H36N2O2/c1-5-6-20(26)24-18-9-8-16-15-7-10-19-23(3,14-12-21(27)25(19)4)17(15)11-13-22(16,18)2/h12,14-19H,5-11,13H2,1-4H3,(H,24,26)/t15-,16-,17+,18?,19?,22-,23+/m0/s1. The van der Waals surface area contributed by atoms with Crippen LogP contribution in [0.15, 0.2) is 12.2 Å². The summed E-state index contributed by atoms with van der Waals surface area (Å²) in [5.74, 6) is 2.49. The van der Waals surface area contributed by atoms with Crippen LogP contribution in [-0.2, 0) is 9.59 Å². The van der Waals surface area contributed by atoms with Gasteiger partial charge in [0.15, 0.2) is 0 Å². The van der Waals surface area contributed by atoms with Gasteiger partial charge < -0.3 is 10.2 Å². The van der Waals surface area contributed by atoms with Crippen molar-refractivity contribution in [1.82, 2.24) is 10.2 Å². The summed E-state index contributed by atoms with van der Waals surface area (Å²) in [4.78, 5) is 26.4. The van der Waals surface area contributed by atoms with Crippen molar-refractivity contribution in [3.8, 4) is 0 Å². The predicted molar refractivity (Wildman–Crippen MR) is 107 cm³/mol. The molecule has 0 aromatic carbocycles. The zero-order chi connectivity index (χ0) is 19.4. The third-order valence-corrected chi connectivity index (χ3v) is 8.94. The van der Waals surface area contributed by atoms with Gasteiger partial charge in [0, 0.05) is 31.0 Å². The smallest absolute Gasteiger partial charge is 0.246 e. The van der Waals surface area contributed by atoms with Gasteiger partial charge in [0.25, 0.3) is 0 Å². The summed E-state index contributed by atoms with van der Waals surface area (Å²) in [5.41, 5.74) is 0.352. The number of amides is 2. The number of hydrogen-bond acceptors (Lipinski definition) is 2. The molecular formula is C23H36N2O2. The largest absolute Gasteiger partial charge is 0.353 e. The monoisotopic (exact) mass is 372 g/mol. The summed E-state index contributed by atoms with van der Waals surface area (Å²) in [6.45, 7) is 6.91. The highest BCUT2D eigenvalue weighted by Gasteiger charge is 2.60. The van der Waals surface area contributed by atoms with Gasteiger partial charge in [-0.25, -0.2) is 0 Å². The number of carbonyl (C=O) groups excluding carboxylic acids is 2. The molecule has 4 nitrogen and oxygen atoms in total. The molecule has 7 atom stereocenters. The van der Waals surface area contributed by atoms with Crippen LogP contribution in [0, 0.1) is 28.6 Å². The van der Waals surface area contributed by atoms with E-state index in [1.54, 1.807) is 0 Å². The van der Waals surface area contributed by atoms with Crippen LogP contribution in [0.5, 0.6) is 0 Å². The third-order valence-electron chi connectivity index (χ3n) is 8.94. The van der Waals surface area contributed by atoms with Crippen LogP contribution in [0.25, 0.3) is 0 Å². The highest BCUT2D eigenvalue weighted by molar-refractivity contribution is 5.89. The summed E-state index contributed by atoms with van der Waals surface area (Å²) in [6, 6.07) is 0.696. The minimum absolute atomic E-state index is 0.108. The van der Waals surface area contributed by atoms with Crippen LogP contribution < -0.4 is 5.32 Å². The molecule has 0 aromatic rings. The summed E-state index contributed by atoms with van der Waals surface area (Å²) < 4.78 is 0. The van der Waals surface area contributed by atoms with Gasteiger partial charge in [0.05, 0.1) is 0 Å². The zero-order valence-electron chi connectivity index (χ0n) is 17.5. The maximum absolute atomic E-state index is 12.2. The molecule has 4 heteroatoms. The minimum Gasteiger partial charge on any atom is -0.353 e. The molecule has 150 valence electrons. The van der Waals surface area contributed by atoms with Gasteiger partial charge in [-0.3, -0.25) is 9.59 Å². The lowest BCUT2D eigenvalue weighted by Crippen LogP contribution is -2.60. The lowest BCUT2D eigenvalue weighted by molar-refractivity contribution is -0.138. The summed E-state index contributed by atoms with van der Waals surface area (Å²) in [6.07, 6.45) is 12.8. The Bertz CT molecular complexity index is 659. The number of fused-ring (bicyclic) bond motifs is 5. The van der Waals surface area contributed by atoms with Crippen LogP contribution >= 0.6 is 0 Å². The van der Waals surface area contributed by atoms with E-state index >= 15 is 0 Å². The Morgan fingerprint density at radius 2 is 1.96 bits per heavy atom. The van der Waals surface area contributed by atoms with Crippen molar-refractivity contribution in [2.75, 3.05) is 7.05 Å². The molecule has 1 aliphatic heterocycles. The average Bonchev–Trinajstić information content (AvgIpc) is 2.95. The molecule has 1 heterocycles. The number of rotatable bonds is 3. The van der Waals surface area contributed by atoms with Gasteiger partial charge in [-0.15, -0.1) is 0 Å². The molecule has 0 aromatic heterocycles. The average molecular weight is 373 g/mol. The lowest BCUT2D eigenvalue weighted by Gasteiger charge is -2.60. The Hall–Kier alpha value is -1.32. The van der Waals surface area contributed by atoms with Crippen LogP contribution in [0.3, 0.4) is 0 Å². The van der Waals surface area contributed by atoms with Gasteiger partial charge in [0.1, 0.15) is 0 Å². The van der Waals surface area contributed by atoms with Gasteiger partial charge in [-0.1, -0.05) is 26.8 Å². The van der Waals surface area contributed by atoms with Crippen molar-refractivity contribution in [1.29, 1.82) is 0 Å². The van der Waals surface area contributed by atoms with E-state index in [1.807, 2.05) is 18.0 Å². The topological polar surface area (TPSA) is 49.4 Å². The van der Waals surface area contributed by atoms with E-state index < -0.39 is 0 Å². The van der Waals surface area contributed by atoms with Gasteiger partial charge in [-0.05, 0) is 74.2 Å². The normalized spacial score (nSPS) is 45.9. The van der Waals surface area contributed by atoms with E-state index in [0.29, 0.717) is 30.3 Å². The molecular weight excluding hydrogens is 336 g/mol. The van der Waals surface area contributed by atoms with E-state index in [4.69, 9.17) is 0 Å². The lowest BCUT2D eigenvalue weighted by atomic mass is 9.48. The number of likely N-dealkylation sites (N-methyl/N-ethyl adjacent to an activating group) is 1. The first kappa shape index (κ1) is 19.0. The molecule has 0 saturated heterocycles. The molecule has 3 fully saturated rings. The third kappa shape index (κ3) is 2.77. The highest BCUT2D eigenvalue weighted by atomic mass is 16.2. The quantitative estimate of drug-likeness (QED) is 0.816. The van der Waals surface area contributed by atoms with Crippen LogP contribution in [-0.4, -0.2) is 35.8 Å². The molecule has 2 unspecified atom stereocenters. The second-order valence-corrected chi connectivity index (χ2v) is 10.1. The fourth-order valence-corrected chi connectivity index (χ4v) is 7.47. The van der Waals surface area contributed by atoms with E-state index in [-0.39, 0.29) is 22.6 Å². The number of nitrogens with zero attached hydrogens (tertiary/aromatic N) is 1. The first-order chi connectivity index (χ1) is 12.8. The molecule has 3 aliphatic carbocycles. The Labute approximate surface area is 164 Å². The first-order valence-corrected chi connectivity index (χ1v) is 11.1. The van der Waals surface area contributed by atoms with Crippen molar-refractivity contribution in [2.45, 2.75) is 84.2 Å². The highest BCUT2D eigenvalue weighted by Crippen LogP contribution is 2.63. The molecule has 0 bridgehead atoms. The zero-order valence-corrected chi connectivity index (χ0v) is 17.5. The van der Waals surface area contributed by atoms with Crippen molar-refractivity contribution in [2.24, 2.45) is 28.6 Å². The Balaban J connectivity index is 1.57. The number of carbonyl (C=O) groups is 2. The van der Waals surface area contributed by atoms with Gasteiger partial charge in [0.2, 0.25) is 11.8 Å². The van der Waals surface area contributed by atoms with Crippen molar-refractivity contribution < 1.29 is 9.59 Å². The number of nitrogens with one attached hydrogen (secondary N) is 1. The maximum Gasteiger partial charge on any atom is 0.246 e. The van der Waals surface area contributed by atoms with E-state index in [0.717, 1.165) is 25.2 Å². The fraction of sp³-hybridized carbons (Fsp3) is 0.826. The molecule has 4 aliphatic rings. The first-order valence-electron chi connectivity index (χ1n) is 11.1. The van der Waals surface area contributed by atoms with Gasteiger partial charge >= 0.3 is 0 Å². The molecule has 3 saturated carbocycles. The predicted octanol–water partition coefficient (Wildman–Crippen LogP) is 3.91.